The Morgan fingerprint density at radius 2 is 1.83 bits per heavy atom. The molecule has 160 valence electrons. The van der Waals surface area contributed by atoms with Gasteiger partial charge in [-0.2, -0.15) is 0 Å². The monoisotopic (exact) mass is 439 g/mol. The summed E-state index contributed by atoms with van der Waals surface area (Å²) in [5, 5.41) is 12.1. The number of hydrogen-bond acceptors (Lipinski definition) is 7. The maximum absolute atomic E-state index is 12.3. The van der Waals surface area contributed by atoms with E-state index in [4.69, 9.17) is 20.6 Å². The minimum atomic E-state index is -1.92. The molecule has 0 aliphatic carbocycles. The van der Waals surface area contributed by atoms with Crippen LogP contribution in [0.2, 0.25) is 23.3 Å². The smallest absolute Gasteiger partial charge is 0.291 e. The summed E-state index contributed by atoms with van der Waals surface area (Å²) in [5.74, 6) is 0.417. The normalized spacial score (nSPS) is 12.7. The van der Waals surface area contributed by atoms with E-state index in [-0.39, 0.29) is 22.8 Å². The van der Waals surface area contributed by atoms with Crippen LogP contribution in [0.25, 0.3) is 0 Å². The molecule has 0 radical (unpaired) electrons. The van der Waals surface area contributed by atoms with Crippen molar-refractivity contribution in [3.05, 3.63) is 34.3 Å². The van der Waals surface area contributed by atoms with E-state index in [1.54, 1.807) is 12.1 Å². The number of rotatable bonds is 6. The van der Waals surface area contributed by atoms with Crippen molar-refractivity contribution in [3.8, 4) is 0 Å². The maximum atomic E-state index is 12.3. The molecule has 0 aliphatic heterocycles. The van der Waals surface area contributed by atoms with Crippen LogP contribution in [0.5, 0.6) is 0 Å². The highest BCUT2D eigenvalue weighted by Crippen LogP contribution is 2.37. The van der Waals surface area contributed by atoms with Crippen LogP contribution < -0.4 is 10.9 Å². The van der Waals surface area contributed by atoms with Gasteiger partial charge in [0.15, 0.2) is 30.7 Å². The SMILES string of the molecule is CC(C)(C)c1cc(NNC(=O)c2cc(CO[Si](C)(C)C(C)(C)C)on2)nnc1Cl. The van der Waals surface area contributed by atoms with Gasteiger partial charge in [-0.25, -0.2) is 0 Å². The molecule has 0 unspecified atom stereocenters. The fourth-order valence-corrected chi connectivity index (χ4v) is 3.42. The molecule has 2 rings (SSSR count). The van der Waals surface area contributed by atoms with E-state index in [1.807, 2.05) is 20.8 Å². The Morgan fingerprint density at radius 3 is 2.41 bits per heavy atom. The van der Waals surface area contributed by atoms with Gasteiger partial charge >= 0.3 is 0 Å². The molecule has 8 nitrogen and oxygen atoms in total. The summed E-state index contributed by atoms with van der Waals surface area (Å²) >= 11 is 6.11. The predicted molar refractivity (Wildman–Crippen MR) is 115 cm³/mol. The molecule has 0 aliphatic rings. The number of nitrogens with zero attached hydrogens (tertiary/aromatic N) is 3. The van der Waals surface area contributed by atoms with Gasteiger partial charge in [-0.05, 0) is 29.6 Å². The number of carbonyl (C=O) groups excluding carboxylic acids is 1. The van der Waals surface area contributed by atoms with Gasteiger partial charge < -0.3 is 8.95 Å². The molecule has 1 amide bonds. The van der Waals surface area contributed by atoms with E-state index in [9.17, 15) is 4.79 Å². The second-order valence-electron chi connectivity index (χ2n) is 9.49. The molecule has 0 aromatic carbocycles. The third-order valence-corrected chi connectivity index (χ3v) is 9.79. The molecule has 10 heteroatoms. The lowest BCUT2D eigenvalue weighted by atomic mass is 9.88. The van der Waals surface area contributed by atoms with Crippen molar-refractivity contribution < 1.29 is 13.7 Å². The first-order valence-corrected chi connectivity index (χ1v) is 12.7. The Labute approximate surface area is 177 Å². The van der Waals surface area contributed by atoms with Crippen molar-refractivity contribution in [2.75, 3.05) is 5.43 Å². The third kappa shape index (κ3) is 6.00. The highest BCUT2D eigenvalue weighted by molar-refractivity contribution is 6.74. The summed E-state index contributed by atoms with van der Waals surface area (Å²) in [6, 6.07) is 3.31. The predicted octanol–water partition coefficient (Wildman–Crippen LogP) is 4.69. The Hall–Kier alpha value is -1.97. The average molecular weight is 440 g/mol. The Balaban J connectivity index is 1.98. The Bertz CT molecular complexity index is 871. The second kappa shape index (κ2) is 8.41. The molecule has 0 atom stereocenters. The van der Waals surface area contributed by atoms with Crippen molar-refractivity contribution in [2.24, 2.45) is 0 Å². The molecule has 2 N–H and O–H groups in total. The summed E-state index contributed by atoms with van der Waals surface area (Å²) in [4.78, 5) is 12.3. The Morgan fingerprint density at radius 1 is 1.17 bits per heavy atom. The van der Waals surface area contributed by atoms with Crippen LogP contribution in [0, 0.1) is 0 Å². The zero-order chi connectivity index (χ0) is 22.0. The minimum Gasteiger partial charge on any atom is -0.409 e. The van der Waals surface area contributed by atoms with E-state index < -0.39 is 14.2 Å². The first-order valence-electron chi connectivity index (χ1n) is 9.40. The summed E-state index contributed by atoms with van der Waals surface area (Å²) in [6.07, 6.45) is 0. The van der Waals surface area contributed by atoms with Gasteiger partial charge in [0, 0.05) is 11.6 Å². The number of amides is 1. The van der Waals surface area contributed by atoms with Crippen molar-refractivity contribution in [1.29, 1.82) is 0 Å². The number of nitrogens with one attached hydrogen (secondary N) is 2. The van der Waals surface area contributed by atoms with Crippen LogP contribution >= 0.6 is 11.6 Å². The summed E-state index contributed by atoms with van der Waals surface area (Å²) in [7, 11) is -1.92. The highest BCUT2D eigenvalue weighted by Gasteiger charge is 2.37. The lowest BCUT2D eigenvalue weighted by molar-refractivity contribution is 0.0953. The first kappa shape index (κ1) is 23.3. The molecule has 29 heavy (non-hydrogen) atoms. The van der Waals surface area contributed by atoms with E-state index in [1.165, 1.54) is 0 Å². The second-order valence-corrected chi connectivity index (χ2v) is 14.7. The van der Waals surface area contributed by atoms with E-state index in [2.05, 4.69) is 60.1 Å². The molecule has 0 bridgehead atoms. The molecule has 0 fully saturated rings. The van der Waals surface area contributed by atoms with Gasteiger partial charge in [-0.3, -0.25) is 15.6 Å². The van der Waals surface area contributed by atoms with Gasteiger partial charge in [0.05, 0.1) is 6.61 Å². The Kier molecular flexibility index (Phi) is 6.76. The van der Waals surface area contributed by atoms with Gasteiger partial charge in [-0.1, -0.05) is 58.3 Å². The van der Waals surface area contributed by atoms with Gasteiger partial charge in [0.25, 0.3) is 5.91 Å². The first-order chi connectivity index (χ1) is 13.2. The summed E-state index contributed by atoms with van der Waals surface area (Å²) in [6.45, 7) is 17.1. The van der Waals surface area contributed by atoms with Crippen LogP contribution in [0.3, 0.4) is 0 Å². The number of anilines is 1. The van der Waals surface area contributed by atoms with Crippen molar-refractivity contribution in [2.45, 2.75) is 71.7 Å². The van der Waals surface area contributed by atoms with Crippen molar-refractivity contribution >= 4 is 31.6 Å². The van der Waals surface area contributed by atoms with Crippen molar-refractivity contribution in [1.82, 2.24) is 20.8 Å². The summed E-state index contributed by atoms with van der Waals surface area (Å²) in [5.41, 5.74) is 6.01. The lowest BCUT2D eigenvalue weighted by Gasteiger charge is -2.35. The quantitative estimate of drug-likeness (QED) is 0.496. The van der Waals surface area contributed by atoms with Crippen molar-refractivity contribution in [3.63, 3.8) is 0 Å². The number of carbonyl (C=O) groups is 1. The zero-order valence-corrected chi connectivity index (χ0v) is 20.1. The minimum absolute atomic E-state index is 0.0860. The maximum Gasteiger partial charge on any atom is 0.291 e. The fourth-order valence-electron chi connectivity index (χ4n) is 2.10. The van der Waals surface area contributed by atoms with Gasteiger partial charge in [-0.15, -0.1) is 10.2 Å². The van der Waals surface area contributed by atoms with E-state index in [0.717, 1.165) is 5.56 Å². The summed E-state index contributed by atoms with van der Waals surface area (Å²) < 4.78 is 11.3. The molecule has 2 aromatic rings. The standard InChI is InChI=1S/C19H30ClN5O3Si/c1-18(2,3)13-10-15(21-23-16(13)20)22-24-17(26)14-9-12(28-25-14)11-27-29(7,8)19(4,5)6/h9-10H,11H2,1-8H3,(H,21,22)(H,24,26). The van der Waals surface area contributed by atoms with Crippen LogP contribution in [-0.4, -0.2) is 29.6 Å². The van der Waals surface area contributed by atoms with Crippen LogP contribution in [0.4, 0.5) is 5.82 Å². The largest absolute Gasteiger partial charge is 0.409 e. The molecule has 2 aromatic heterocycles. The van der Waals surface area contributed by atoms with E-state index >= 15 is 0 Å². The molecule has 2 heterocycles. The number of hydrogen-bond donors (Lipinski definition) is 2. The molecular formula is C19H30ClN5O3Si. The average Bonchev–Trinajstić information content (AvgIpc) is 3.06. The van der Waals surface area contributed by atoms with E-state index in [0.29, 0.717) is 16.7 Å². The molecule has 0 saturated carbocycles. The topological polar surface area (TPSA) is 102 Å². The van der Waals surface area contributed by atoms with Crippen LogP contribution in [0.1, 0.15) is 63.4 Å². The number of aromatic nitrogens is 3. The molecular weight excluding hydrogens is 410 g/mol. The van der Waals surface area contributed by atoms with Gasteiger partial charge in [0.1, 0.15) is 0 Å². The fraction of sp³-hybridized carbons (Fsp3) is 0.579. The van der Waals surface area contributed by atoms with Gasteiger partial charge in [0.2, 0.25) is 0 Å². The third-order valence-electron chi connectivity index (χ3n) is 5.03. The number of halogens is 1. The zero-order valence-electron chi connectivity index (χ0n) is 18.3. The van der Waals surface area contributed by atoms with Crippen LogP contribution in [-0.2, 0) is 16.4 Å². The molecule has 0 spiro atoms. The molecule has 0 saturated heterocycles. The lowest BCUT2D eigenvalue weighted by Crippen LogP contribution is -2.40. The highest BCUT2D eigenvalue weighted by atomic mass is 35.5. The van der Waals surface area contributed by atoms with Crippen LogP contribution in [0.15, 0.2) is 16.7 Å². The number of hydrazine groups is 1.